The van der Waals surface area contributed by atoms with Gasteiger partial charge in [-0.15, -0.1) is 0 Å². The Labute approximate surface area is 193 Å². The third-order valence-electron chi connectivity index (χ3n) is 6.26. The molecular weight excluding hydrogens is 424 g/mol. The molecule has 1 aliphatic rings. The second kappa shape index (κ2) is 9.86. The Morgan fingerprint density at radius 2 is 1.84 bits per heavy atom. The minimum absolute atomic E-state index is 0.0350. The zero-order chi connectivity index (χ0) is 22.7. The van der Waals surface area contributed by atoms with Crippen LogP contribution in [-0.4, -0.2) is 57.2 Å². The summed E-state index contributed by atoms with van der Waals surface area (Å²) in [6, 6.07) is 12.7. The van der Waals surface area contributed by atoms with E-state index in [2.05, 4.69) is 21.7 Å². The summed E-state index contributed by atoms with van der Waals surface area (Å²) < 4.78 is 1.72. The molecule has 0 radical (unpaired) electrons. The summed E-state index contributed by atoms with van der Waals surface area (Å²) in [6.07, 6.45) is 3.48. The maximum atomic E-state index is 13.8. The third kappa shape index (κ3) is 4.72. The number of aromatic hydroxyl groups is 1. The van der Waals surface area contributed by atoms with Crippen LogP contribution < -0.4 is 5.56 Å². The van der Waals surface area contributed by atoms with E-state index >= 15 is 0 Å². The van der Waals surface area contributed by atoms with E-state index in [1.807, 2.05) is 43.3 Å². The first kappa shape index (κ1) is 22.5. The van der Waals surface area contributed by atoms with Gasteiger partial charge in [0.05, 0.1) is 18.2 Å². The lowest BCUT2D eigenvalue weighted by atomic mass is 9.96. The maximum absolute atomic E-state index is 13.8. The molecule has 1 saturated heterocycles. The summed E-state index contributed by atoms with van der Waals surface area (Å²) in [5.74, 6) is 0.0350. The molecule has 3 aromatic rings. The normalized spacial score (nSPS) is 16.2. The summed E-state index contributed by atoms with van der Waals surface area (Å²) in [7, 11) is 0. The van der Waals surface area contributed by atoms with Gasteiger partial charge in [-0.1, -0.05) is 36.7 Å². The molecule has 0 saturated carbocycles. The molecule has 1 N–H and O–H groups in total. The van der Waals surface area contributed by atoms with Gasteiger partial charge in [0.25, 0.3) is 5.56 Å². The van der Waals surface area contributed by atoms with Crippen molar-refractivity contribution < 1.29 is 5.11 Å². The van der Waals surface area contributed by atoms with Crippen molar-refractivity contribution in [3.63, 3.8) is 0 Å². The van der Waals surface area contributed by atoms with Crippen molar-refractivity contribution >= 4 is 11.6 Å². The number of aromatic nitrogens is 2. The van der Waals surface area contributed by atoms with E-state index in [9.17, 15) is 9.90 Å². The molecule has 32 heavy (non-hydrogen) atoms. The van der Waals surface area contributed by atoms with Crippen LogP contribution in [0.1, 0.15) is 35.3 Å². The Kier molecular flexibility index (Phi) is 6.94. The lowest BCUT2D eigenvalue weighted by Gasteiger charge is -2.39. The van der Waals surface area contributed by atoms with Crippen molar-refractivity contribution in [2.75, 3.05) is 32.7 Å². The molecule has 168 valence electrons. The second-order valence-electron chi connectivity index (χ2n) is 8.26. The smallest absolute Gasteiger partial charge is 0.259 e. The fourth-order valence-corrected chi connectivity index (χ4v) is 4.57. The molecule has 6 nitrogen and oxygen atoms in total. The van der Waals surface area contributed by atoms with E-state index < -0.39 is 0 Å². The average molecular weight is 453 g/mol. The monoisotopic (exact) mass is 452 g/mol. The van der Waals surface area contributed by atoms with Gasteiger partial charge in [-0.2, -0.15) is 0 Å². The number of hydrogen-bond donors (Lipinski definition) is 1. The van der Waals surface area contributed by atoms with E-state index in [-0.39, 0.29) is 17.4 Å². The Bertz CT molecular complexity index is 1110. The molecule has 7 heteroatoms. The standard InChI is InChI=1S/C25H29ClN4O2/c1-3-28-11-13-29(14-12-28)24(20-6-8-21(26)9-7-20)23-22(31)15-18(2)30(25(23)32)17-19-5-4-10-27-16-19/h4-10,15-16,24,31H,3,11-14,17H2,1-2H3/t24-/m1/s1. The largest absolute Gasteiger partial charge is 0.507 e. The summed E-state index contributed by atoms with van der Waals surface area (Å²) >= 11 is 6.14. The van der Waals surface area contributed by atoms with Gasteiger partial charge in [0.1, 0.15) is 5.75 Å². The fraction of sp³-hybridized carbons (Fsp3) is 0.360. The quantitative estimate of drug-likeness (QED) is 0.618. The average Bonchev–Trinajstić information content (AvgIpc) is 2.81. The SMILES string of the molecule is CCN1CCN([C@H](c2ccc(Cl)cc2)c2c(O)cc(C)n(Cc3cccnc3)c2=O)CC1. The first-order chi connectivity index (χ1) is 15.5. The van der Waals surface area contributed by atoms with Crippen molar-refractivity contribution in [1.82, 2.24) is 19.4 Å². The van der Waals surface area contributed by atoms with Gasteiger partial charge in [-0.25, -0.2) is 0 Å². The molecule has 4 rings (SSSR count). The number of rotatable bonds is 6. The highest BCUT2D eigenvalue weighted by Gasteiger charge is 2.31. The van der Waals surface area contributed by atoms with Gasteiger partial charge in [0, 0.05) is 49.3 Å². The maximum Gasteiger partial charge on any atom is 0.259 e. The number of halogens is 1. The lowest BCUT2D eigenvalue weighted by Crippen LogP contribution is -2.48. The molecule has 2 aromatic heterocycles. The Morgan fingerprint density at radius 3 is 2.47 bits per heavy atom. The van der Waals surface area contributed by atoms with Gasteiger partial charge in [-0.3, -0.25) is 14.7 Å². The molecule has 1 aromatic carbocycles. The van der Waals surface area contributed by atoms with Crippen LogP contribution in [0.5, 0.6) is 5.75 Å². The number of hydrogen-bond acceptors (Lipinski definition) is 5. The molecule has 1 atom stereocenters. The Hall–Kier alpha value is -2.67. The van der Waals surface area contributed by atoms with Crippen molar-refractivity contribution in [3.05, 3.63) is 92.6 Å². The predicted molar refractivity (Wildman–Crippen MR) is 127 cm³/mol. The zero-order valence-electron chi connectivity index (χ0n) is 18.5. The molecule has 0 spiro atoms. The van der Waals surface area contributed by atoms with Crippen LogP contribution in [0.2, 0.25) is 5.02 Å². The highest BCUT2D eigenvalue weighted by molar-refractivity contribution is 6.30. The van der Waals surface area contributed by atoms with Gasteiger partial charge in [0.15, 0.2) is 0 Å². The minimum atomic E-state index is -0.348. The second-order valence-corrected chi connectivity index (χ2v) is 8.70. The Morgan fingerprint density at radius 1 is 1.12 bits per heavy atom. The number of piperazine rings is 1. The van der Waals surface area contributed by atoms with Crippen LogP contribution in [0.25, 0.3) is 0 Å². The van der Waals surface area contributed by atoms with Crippen molar-refractivity contribution in [1.29, 1.82) is 0 Å². The number of benzene rings is 1. The number of aryl methyl sites for hydroxylation is 1. The van der Waals surface area contributed by atoms with Crippen LogP contribution in [0, 0.1) is 6.92 Å². The van der Waals surface area contributed by atoms with E-state index in [0.717, 1.165) is 43.9 Å². The predicted octanol–water partition coefficient (Wildman–Crippen LogP) is 3.69. The van der Waals surface area contributed by atoms with Crippen LogP contribution in [0.15, 0.2) is 59.7 Å². The van der Waals surface area contributed by atoms with Gasteiger partial charge in [-0.05, 0) is 48.9 Å². The molecule has 0 aliphatic carbocycles. The van der Waals surface area contributed by atoms with Crippen LogP contribution in [0.3, 0.4) is 0 Å². The molecule has 0 amide bonds. The third-order valence-corrected chi connectivity index (χ3v) is 6.52. The highest BCUT2D eigenvalue weighted by atomic mass is 35.5. The highest BCUT2D eigenvalue weighted by Crippen LogP contribution is 2.34. The van der Waals surface area contributed by atoms with Crippen LogP contribution in [-0.2, 0) is 6.54 Å². The first-order valence-electron chi connectivity index (χ1n) is 11.0. The van der Waals surface area contributed by atoms with E-state index in [4.69, 9.17) is 11.6 Å². The fourth-order valence-electron chi connectivity index (χ4n) is 4.44. The molecule has 0 unspecified atom stereocenters. The summed E-state index contributed by atoms with van der Waals surface area (Å²) in [4.78, 5) is 22.6. The summed E-state index contributed by atoms with van der Waals surface area (Å²) in [5, 5.41) is 11.6. The van der Waals surface area contributed by atoms with E-state index in [1.165, 1.54) is 0 Å². The van der Waals surface area contributed by atoms with Crippen LogP contribution >= 0.6 is 11.6 Å². The molecule has 0 bridgehead atoms. The van der Waals surface area contributed by atoms with Gasteiger partial charge < -0.3 is 14.6 Å². The van der Waals surface area contributed by atoms with Crippen molar-refractivity contribution in [2.45, 2.75) is 26.4 Å². The topological polar surface area (TPSA) is 61.6 Å². The van der Waals surface area contributed by atoms with Crippen LogP contribution in [0.4, 0.5) is 0 Å². The van der Waals surface area contributed by atoms with E-state index in [0.29, 0.717) is 22.8 Å². The Balaban J connectivity index is 1.80. The number of likely N-dealkylation sites (N-methyl/N-ethyl adjacent to an activating group) is 1. The summed E-state index contributed by atoms with van der Waals surface area (Å²) in [5.41, 5.74) is 2.83. The first-order valence-corrected chi connectivity index (χ1v) is 11.4. The van der Waals surface area contributed by atoms with Gasteiger partial charge >= 0.3 is 0 Å². The minimum Gasteiger partial charge on any atom is -0.507 e. The summed E-state index contributed by atoms with van der Waals surface area (Å²) in [6.45, 7) is 8.91. The molecule has 3 heterocycles. The van der Waals surface area contributed by atoms with Crippen molar-refractivity contribution in [3.8, 4) is 5.75 Å². The lowest BCUT2D eigenvalue weighted by molar-refractivity contribution is 0.111. The molecule has 1 fully saturated rings. The number of pyridine rings is 2. The number of nitrogens with zero attached hydrogens (tertiary/aromatic N) is 4. The van der Waals surface area contributed by atoms with Crippen molar-refractivity contribution in [2.24, 2.45) is 0 Å². The molecular formula is C25H29ClN4O2. The zero-order valence-corrected chi connectivity index (χ0v) is 19.3. The molecule has 1 aliphatic heterocycles. The van der Waals surface area contributed by atoms with E-state index in [1.54, 1.807) is 23.0 Å². The van der Waals surface area contributed by atoms with Gasteiger partial charge in [0.2, 0.25) is 0 Å².